The normalized spacial score (nSPS) is 10.7. The summed E-state index contributed by atoms with van der Waals surface area (Å²) in [6.07, 6.45) is 0. The van der Waals surface area contributed by atoms with Crippen molar-refractivity contribution in [3.63, 3.8) is 0 Å². The van der Waals surface area contributed by atoms with Crippen molar-refractivity contribution in [3.8, 4) is 11.4 Å². The SMILES string of the molecule is COCc1cc(=S)nc(-c2ccc(F)c(F)c2Br)[nH]1. The van der Waals surface area contributed by atoms with Gasteiger partial charge in [-0.25, -0.2) is 13.8 Å². The van der Waals surface area contributed by atoms with Crippen LogP contribution in [0.5, 0.6) is 0 Å². The van der Waals surface area contributed by atoms with E-state index in [2.05, 4.69) is 25.9 Å². The maximum Gasteiger partial charge on any atom is 0.173 e. The number of hydrogen-bond donors (Lipinski definition) is 1. The van der Waals surface area contributed by atoms with E-state index in [1.807, 2.05) is 0 Å². The van der Waals surface area contributed by atoms with Gasteiger partial charge in [-0.15, -0.1) is 0 Å². The second-order valence-corrected chi connectivity index (χ2v) is 4.96. The lowest BCUT2D eigenvalue weighted by atomic mass is 10.2. The monoisotopic (exact) mass is 346 g/mol. The first-order valence-electron chi connectivity index (χ1n) is 5.26. The van der Waals surface area contributed by atoms with Crippen molar-refractivity contribution in [2.75, 3.05) is 7.11 Å². The fraction of sp³-hybridized carbons (Fsp3) is 0.167. The number of H-pyrrole nitrogens is 1. The highest BCUT2D eigenvalue weighted by Gasteiger charge is 2.14. The van der Waals surface area contributed by atoms with E-state index in [9.17, 15) is 8.78 Å². The minimum absolute atomic E-state index is 0.000201. The Bertz CT molecular complexity index is 675. The molecule has 0 amide bonds. The van der Waals surface area contributed by atoms with Gasteiger partial charge in [0.25, 0.3) is 0 Å². The number of methoxy groups -OCH3 is 1. The number of aromatic amines is 1. The van der Waals surface area contributed by atoms with E-state index >= 15 is 0 Å². The lowest BCUT2D eigenvalue weighted by Gasteiger charge is -2.08. The molecule has 3 nitrogen and oxygen atoms in total. The van der Waals surface area contributed by atoms with Crippen LogP contribution in [0.15, 0.2) is 22.7 Å². The average Bonchev–Trinajstić information content (AvgIpc) is 2.36. The third-order valence-corrected chi connectivity index (χ3v) is 3.37. The number of ether oxygens (including phenoxy) is 1. The summed E-state index contributed by atoms with van der Waals surface area (Å²) >= 11 is 8.05. The van der Waals surface area contributed by atoms with Crippen LogP contribution in [0.25, 0.3) is 11.4 Å². The van der Waals surface area contributed by atoms with E-state index in [1.165, 1.54) is 6.07 Å². The van der Waals surface area contributed by atoms with Crippen LogP contribution >= 0.6 is 28.1 Å². The minimum Gasteiger partial charge on any atom is -0.378 e. The molecule has 100 valence electrons. The van der Waals surface area contributed by atoms with Crippen LogP contribution in [0.1, 0.15) is 5.69 Å². The molecule has 7 heteroatoms. The van der Waals surface area contributed by atoms with E-state index in [1.54, 1.807) is 13.2 Å². The van der Waals surface area contributed by atoms with Crippen LogP contribution in [0, 0.1) is 16.3 Å². The Hall–Kier alpha value is -1.18. The molecule has 0 aliphatic heterocycles. The van der Waals surface area contributed by atoms with Crippen molar-refractivity contribution in [2.24, 2.45) is 0 Å². The molecular formula is C12H9BrF2N2OS. The average molecular weight is 347 g/mol. The molecule has 0 unspecified atom stereocenters. The quantitative estimate of drug-likeness (QED) is 0.674. The van der Waals surface area contributed by atoms with Crippen LogP contribution in [0.2, 0.25) is 0 Å². The van der Waals surface area contributed by atoms with Gasteiger partial charge >= 0.3 is 0 Å². The minimum atomic E-state index is -0.962. The lowest BCUT2D eigenvalue weighted by molar-refractivity contribution is 0.181. The van der Waals surface area contributed by atoms with Gasteiger partial charge in [-0.2, -0.15) is 0 Å². The molecule has 0 aliphatic rings. The summed E-state index contributed by atoms with van der Waals surface area (Å²) < 4.78 is 31.9. The molecule has 1 heterocycles. The van der Waals surface area contributed by atoms with Gasteiger partial charge in [-0.3, -0.25) is 0 Å². The third kappa shape index (κ3) is 3.05. The summed E-state index contributed by atoms with van der Waals surface area (Å²) in [7, 11) is 1.55. The second kappa shape index (κ2) is 5.85. The maximum atomic E-state index is 13.5. The molecule has 2 aromatic rings. The fourth-order valence-corrected chi connectivity index (χ4v) is 2.32. The molecule has 0 aliphatic carbocycles. The summed E-state index contributed by atoms with van der Waals surface area (Å²) in [6, 6.07) is 4.11. The Labute approximate surface area is 121 Å². The Balaban J connectivity index is 2.59. The van der Waals surface area contributed by atoms with Gasteiger partial charge in [0.15, 0.2) is 11.6 Å². The van der Waals surface area contributed by atoms with E-state index in [0.717, 1.165) is 6.07 Å². The molecule has 1 aromatic heterocycles. The molecule has 1 N–H and O–H groups in total. The molecule has 0 saturated carbocycles. The van der Waals surface area contributed by atoms with Crippen molar-refractivity contribution >= 4 is 28.1 Å². The standard InChI is InChI=1S/C12H9BrF2N2OS/c1-18-5-6-4-9(19)17-12(16-6)7-2-3-8(14)11(15)10(7)13/h2-4H,5H2,1H3,(H,16,17,19). The predicted molar refractivity (Wildman–Crippen MR) is 73.2 cm³/mol. The lowest BCUT2D eigenvalue weighted by Crippen LogP contribution is -1.99. The molecule has 1 aromatic carbocycles. The highest BCUT2D eigenvalue weighted by molar-refractivity contribution is 9.10. The number of nitrogens with zero attached hydrogens (tertiary/aromatic N) is 1. The van der Waals surface area contributed by atoms with Crippen molar-refractivity contribution in [2.45, 2.75) is 6.61 Å². The molecule has 0 saturated heterocycles. The summed E-state index contributed by atoms with van der Waals surface area (Å²) in [5, 5.41) is 0. The van der Waals surface area contributed by atoms with E-state index in [-0.39, 0.29) is 4.47 Å². The van der Waals surface area contributed by atoms with Crippen LogP contribution in [0.3, 0.4) is 0 Å². The number of hydrogen-bond acceptors (Lipinski definition) is 3. The first kappa shape index (κ1) is 14.2. The van der Waals surface area contributed by atoms with Crippen molar-refractivity contribution < 1.29 is 13.5 Å². The van der Waals surface area contributed by atoms with Gasteiger partial charge in [0.1, 0.15) is 10.5 Å². The summed E-state index contributed by atoms with van der Waals surface area (Å²) in [5.74, 6) is -1.54. The molecule has 0 radical (unpaired) electrons. The van der Waals surface area contributed by atoms with Crippen LogP contribution < -0.4 is 0 Å². The first-order valence-corrected chi connectivity index (χ1v) is 6.46. The van der Waals surface area contributed by atoms with Crippen LogP contribution in [0.4, 0.5) is 8.78 Å². The Morgan fingerprint density at radius 3 is 2.84 bits per heavy atom. The Morgan fingerprint density at radius 2 is 2.16 bits per heavy atom. The molecule has 0 fully saturated rings. The first-order chi connectivity index (χ1) is 9.02. The smallest absolute Gasteiger partial charge is 0.173 e. The van der Waals surface area contributed by atoms with Crippen molar-refractivity contribution in [1.29, 1.82) is 0 Å². The molecule has 0 atom stereocenters. The molecule has 19 heavy (non-hydrogen) atoms. The van der Waals surface area contributed by atoms with Gasteiger partial charge in [0.2, 0.25) is 0 Å². The van der Waals surface area contributed by atoms with E-state index < -0.39 is 11.6 Å². The number of aromatic nitrogens is 2. The second-order valence-electron chi connectivity index (χ2n) is 3.75. The zero-order valence-electron chi connectivity index (χ0n) is 9.84. The number of nitrogens with one attached hydrogen (secondary N) is 1. The van der Waals surface area contributed by atoms with E-state index in [0.29, 0.717) is 28.3 Å². The van der Waals surface area contributed by atoms with Crippen LogP contribution in [-0.2, 0) is 11.3 Å². The maximum absolute atomic E-state index is 13.5. The predicted octanol–water partition coefficient (Wildman–Crippen LogP) is 3.99. The Morgan fingerprint density at radius 1 is 1.42 bits per heavy atom. The van der Waals surface area contributed by atoms with E-state index in [4.69, 9.17) is 17.0 Å². The third-order valence-electron chi connectivity index (χ3n) is 2.39. The highest BCUT2D eigenvalue weighted by Crippen LogP contribution is 2.29. The van der Waals surface area contributed by atoms with Crippen molar-refractivity contribution in [1.82, 2.24) is 9.97 Å². The Kier molecular flexibility index (Phi) is 4.38. The molecular weight excluding hydrogens is 338 g/mol. The van der Waals surface area contributed by atoms with Gasteiger partial charge < -0.3 is 9.72 Å². The van der Waals surface area contributed by atoms with Gasteiger partial charge in [-0.05, 0) is 34.1 Å². The number of halogens is 3. The summed E-state index contributed by atoms with van der Waals surface area (Å²) in [6.45, 7) is 0.320. The molecule has 2 rings (SSSR count). The molecule has 0 bridgehead atoms. The highest BCUT2D eigenvalue weighted by atomic mass is 79.9. The number of rotatable bonds is 3. The van der Waals surface area contributed by atoms with Crippen molar-refractivity contribution in [3.05, 3.63) is 44.6 Å². The number of benzene rings is 1. The van der Waals surface area contributed by atoms with Gasteiger partial charge in [-0.1, -0.05) is 12.2 Å². The zero-order chi connectivity index (χ0) is 14.0. The summed E-state index contributed by atoms with van der Waals surface area (Å²) in [4.78, 5) is 7.07. The fourth-order valence-electron chi connectivity index (χ4n) is 1.58. The van der Waals surface area contributed by atoms with Crippen LogP contribution in [-0.4, -0.2) is 17.1 Å². The topological polar surface area (TPSA) is 37.9 Å². The van der Waals surface area contributed by atoms with Gasteiger partial charge in [0, 0.05) is 18.4 Å². The van der Waals surface area contributed by atoms with Gasteiger partial charge in [0.05, 0.1) is 11.1 Å². The zero-order valence-corrected chi connectivity index (χ0v) is 12.2. The summed E-state index contributed by atoms with van der Waals surface area (Å²) in [5.41, 5.74) is 1.09. The molecule has 0 spiro atoms. The largest absolute Gasteiger partial charge is 0.378 e.